The SMILES string of the molecule is c1ccc2c(c1)Cc1ccc(C3=NN=C(c4ccc5c(c4)-c4ccccc4C5)C3)cc1-2.c1ccc2c(c1)Cc1ccc(C3=NN=C(c4cccc5c4-c4ccccc4C5)C3)cc1-2.c1ccc2c(c1)Cc1cccc(C3=NN=C(c4cccc5c4-c4ccccc4C5)C3)c1-2. The van der Waals surface area contributed by atoms with E-state index in [1.165, 1.54) is 167 Å². The van der Waals surface area contributed by atoms with E-state index in [0.29, 0.717) is 0 Å². The molecule has 0 unspecified atom stereocenters. The number of hydrogen-bond acceptors (Lipinski definition) is 6. The van der Waals surface area contributed by atoms with E-state index in [0.717, 1.165) is 92.1 Å². The summed E-state index contributed by atoms with van der Waals surface area (Å²) in [6.07, 6.45) is 8.41. The zero-order valence-corrected chi connectivity index (χ0v) is 51.3. The Bertz CT molecular complexity index is 5210. The maximum Gasteiger partial charge on any atom is 0.0769 e. The molecule has 21 rings (SSSR count). The smallest absolute Gasteiger partial charge is 0.0769 e. The summed E-state index contributed by atoms with van der Waals surface area (Å²) in [5, 5.41) is 27.9. The first-order valence-electron chi connectivity index (χ1n) is 32.7. The molecule has 0 saturated heterocycles. The average Bonchev–Trinajstić information content (AvgIpc) is 1.72. The van der Waals surface area contributed by atoms with E-state index >= 15 is 0 Å². The molecule has 0 amide bonds. The number of nitrogens with zero attached hydrogens (tertiary/aromatic N) is 6. The second-order valence-electron chi connectivity index (χ2n) is 25.9. The molecule has 0 N–H and O–H groups in total. The van der Waals surface area contributed by atoms with Crippen molar-refractivity contribution in [3.05, 3.63) is 355 Å². The van der Waals surface area contributed by atoms with Crippen molar-refractivity contribution in [1.82, 2.24) is 0 Å². The Morgan fingerprint density at radius 2 is 0.366 bits per heavy atom. The van der Waals surface area contributed by atoms with Crippen LogP contribution in [0.2, 0.25) is 0 Å². The van der Waals surface area contributed by atoms with Gasteiger partial charge in [0.25, 0.3) is 0 Å². The molecular weight excluding hydrogens is 1130 g/mol. The second kappa shape index (κ2) is 21.7. The Hall–Kier alpha value is -11.3. The summed E-state index contributed by atoms with van der Waals surface area (Å²) in [5.41, 5.74) is 46.7. The molecule has 0 aromatic heterocycles. The van der Waals surface area contributed by atoms with Gasteiger partial charge in [0.15, 0.2) is 0 Å². The molecule has 12 aromatic carbocycles. The molecule has 6 heteroatoms. The highest BCUT2D eigenvalue weighted by molar-refractivity contribution is 6.25. The Kier molecular flexibility index (Phi) is 12.5. The third-order valence-electron chi connectivity index (χ3n) is 20.7. The summed E-state index contributed by atoms with van der Waals surface area (Å²) in [5.74, 6) is 0. The van der Waals surface area contributed by atoms with Gasteiger partial charge in [-0.1, -0.05) is 237 Å². The zero-order chi connectivity index (χ0) is 61.1. The van der Waals surface area contributed by atoms with Crippen LogP contribution >= 0.6 is 0 Å². The Morgan fingerprint density at radius 1 is 0.151 bits per heavy atom. The first kappa shape index (κ1) is 53.5. The van der Waals surface area contributed by atoms with Crippen LogP contribution in [0.25, 0.3) is 66.8 Å². The molecule has 12 aromatic rings. The third kappa shape index (κ3) is 9.06. The van der Waals surface area contributed by atoms with Crippen LogP contribution in [0.3, 0.4) is 0 Å². The van der Waals surface area contributed by atoms with E-state index in [4.69, 9.17) is 10.2 Å². The fourth-order valence-corrected chi connectivity index (χ4v) is 16.2. The maximum absolute atomic E-state index is 4.70. The third-order valence-corrected chi connectivity index (χ3v) is 20.7. The minimum atomic E-state index is 0.775. The van der Waals surface area contributed by atoms with Crippen molar-refractivity contribution in [2.75, 3.05) is 0 Å². The molecule has 6 nitrogen and oxygen atoms in total. The Labute approximate surface area is 541 Å². The van der Waals surface area contributed by atoms with E-state index in [-0.39, 0.29) is 0 Å². The summed E-state index contributed by atoms with van der Waals surface area (Å²) in [7, 11) is 0. The van der Waals surface area contributed by atoms with E-state index in [2.05, 4.69) is 275 Å². The van der Waals surface area contributed by atoms with E-state index in [1.807, 2.05) is 0 Å². The normalized spacial score (nSPS) is 15.1. The minimum absolute atomic E-state index is 0.775. The molecule has 438 valence electrons. The monoisotopic (exact) mass is 1190 g/mol. The van der Waals surface area contributed by atoms with Gasteiger partial charge in [0.05, 0.1) is 34.3 Å². The Morgan fingerprint density at radius 3 is 0.688 bits per heavy atom. The summed E-state index contributed by atoms with van der Waals surface area (Å²) < 4.78 is 0. The standard InChI is InChI=1S/3C29H20N2/c1-3-11-22-18(7-1)15-20-9-5-13-24(28(20)22)26-17-27(31-30-26)25-14-6-10-21-16-19-8-2-4-12-23(19)29(21)25;1-3-9-23-18(6-1)14-20-12-13-21(16-26(20)23)27-17-28(31-30-27)25-11-5-8-22-15-19-7-2-4-10-24(19)29(22)25;1-3-7-24-18(5-1)13-20-9-11-22(15-26(20)24)28-17-29(31-30-28)23-12-10-21-14-19-6-2-4-8-25(19)27(21)16-23/h1-14H,15-17H2;1-13,16H,14-15,17H2;1-12,15-16H,13-14,17H2. The number of benzene rings is 12. The fourth-order valence-electron chi connectivity index (χ4n) is 16.2. The van der Waals surface area contributed by atoms with Crippen molar-refractivity contribution < 1.29 is 0 Å². The van der Waals surface area contributed by atoms with Crippen LogP contribution in [-0.4, -0.2) is 34.3 Å². The molecule has 3 aliphatic heterocycles. The fraction of sp³-hybridized carbons (Fsp3) is 0.103. The van der Waals surface area contributed by atoms with Crippen molar-refractivity contribution in [3.63, 3.8) is 0 Å². The molecule has 0 atom stereocenters. The second-order valence-corrected chi connectivity index (χ2v) is 25.9. The van der Waals surface area contributed by atoms with Gasteiger partial charge in [0.2, 0.25) is 0 Å². The van der Waals surface area contributed by atoms with Crippen LogP contribution in [0.1, 0.15) is 119 Å². The molecule has 6 aliphatic carbocycles. The maximum atomic E-state index is 4.70. The summed E-state index contributed by atoms with van der Waals surface area (Å²) >= 11 is 0. The van der Waals surface area contributed by atoms with Gasteiger partial charge in [-0.2, -0.15) is 30.6 Å². The van der Waals surface area contributed by atoms with Gasteiger partial charge in [-0.3, -0.25) is 0 Å². The molecule has 93 heavy (non-hydrogen) atoms. The molecular formula is C87H60N6. The molecule has 0 saturated carbocycles. The van der Waals surface area contributed by atoms with Crippen molar-refractivity contribution in [3.8, 4) is 66.8 Å². The topological polar surface area (TPSA) is 74.2 Å². The lowest BCUT2D eigenvalue weighted by Gasteiger charge is -2.11. The van der Waals surface area contributed by atoms with Crippen molar-refractivity contribution in [2.24, 2.45) is 30.6 Å². The molecule has 0 radical (unpaired) electrons. The lowest BCUT2D eigenvalue weighted by Crippen LogP contribution is -2.08. The summed E-state index contributed by atoms with van der Waals surface area (Å²) in [6, 6.07) is 92.5. The molecule has 3 heterocycles. The average molecular weight is 1190 g/mol. The highest BCUT2D eigenvalue weighted by Crippen LogP contribution is 2.46. The van der Waals surface area contributed by atoms with E-state index < -0.39 is 0 Å². The van der Waals surface area contributed by atoms with Crippen LogP contribution in [0.15, 0.2) is 285 Å². The summed E-state index contributed by atoms with van der Waals surface area (Å²) in [4.78, 5) is 0. The van der Waals surface area contributed by atoms with Crippen molar-refractivity contribution in [2.45, 2.75) is 57.8 Å². The van der Waals surface area contributed by atoms with Crippen LogP contribution in [-0.2, 0) is 38.5 Å². The highest BCUT2D eigenvalue weighted by Gasteiger charge is 2.31. The molecule has 0 bridgehead atoms. The van der Waals surface area contributed by atoms with Crippen molar-refractivity contribution >= 4 is 34.3 Å². The van der Waals surface area contributed by atoms with Gasteiger partial charge in [0, 0.05) is 36.0 Å². The van der Waals surface area contributed by atoms with Crippen molar-refractivity contribution in [1.29, 1.82) is 0 Å². The lowest BCUT2D eigenvalue weighted by atomic mass is 9.91. The number of rotatable bonds is 6. The largest absolute Gasteiger partial charge is 0.154 e. The van der Waals surface area contributed by atoms with Gasteiger partial charge < -0.3 is 0 Å². The van der Waals surface area contributed by atoms with E-state index in [1.54, 1.807) is 0 Å². The molecule has 9 aliphatic rings. The summed E-state index contributed by atoms with van der Waals surface area (Å²) in [6.45, 7) is 0. The van der Waals surface area contributed by atoms with Gasteiger partial charge in [-0.15, -0.1) is 0 Å². The zero-order valence-electron chi connectivity index (χ0n) is 51.3. The highest BCUT2D eigenvalue weighted by atomic mass is 15.2. The predicted octanol–water partition coefficient (Wildman–Crippen LogP) is 19.3. The minimum Gasteiger partial charge on any atom is -0.154 e. The molecule has 0 fully saturated rings. The van der Waals surface area contributed by atoms with Crippen LogP contribution < -0.4 is 0 Å². The van der Waals surface area contributed by atoms with Gasteiger partial charge in [-0.25, -0.2) is 0 Å². The number of hydrogen-bond donors (Lipinski definition) is 0. The number of fused-ring (bicyclic) bond motifs is 18. The van der Waals surface area contributed by atoms with Gasteiger partial charge in [0.1, 0.15) is 0 Å². The molecule has 0 spiro atoms. The van der Waals surface area contributed by atoms with Crippen LogP contribution in [0.4, 0.5) is 0 Å². The van der Waals surface area contributed by atoms with Crippen LogP contribution in [0.5, 0.6) is 0 Å². The predicted molar refractivity (Wildman–Crippen MR) is 381 cm³/mol. The van der Waals surface area contributed by atoms with E-state index in [9.17, 15) is 0 Å². The first-order valence-corrected chi connectivity index (χ1v) is 32.7. The Balaban J connectivity index is 0.0000000994. The van der Waals surface area contributed by atoms with Gasteiger partial charge >= 0.3 is 0 Å². The van der Waals surface area contributed by atoms with Crippen LogP contribution in [0, 0.1) is 0 Å². The quantitative estimate of drug-likeness (QED) is 0.159. The van der Waals surface area contributed by atoms with Gasteiger partial charge in [-0.05, 0) is 207 Å². The lowest BCUT2D eigenvalue weighted by molar-refractivity contribution is 1.25. The first-order chi connectivity index (χ1) is 46.0.